The van der Waals surface area contributed by atoms with Gasteiger partial charge in [0.15, 0.2) is 5.82 Å². The Hall–Kier alpha value is -2.53. The van der Waals surface area contributed by atoms with Gasteiger partial charge in [-0.05, 0) is 12.1 Å². The van der Waals surface area contributed by atoms with Gasteiger partial charge in [-0.2, -0.15) is 5.26 Å². The molecule has 0 aliphatic carbocycles. The largest absolute Gasteiger partial charge is 0.264 e. The van der Waals surface area contributed by atoms with Gasteiger partial charge in [0.1, 0.15) is 22.3 Å². The van der Waals surface area contributed by atoms with Crippen molar-refractivity contribution in [1.82, 2.24) is 9.97 Å². The predicted octanol–water partition coefficient (Wildman–Crippen LogP) is 1.29. The van der Waals surface area contributed by atoms with E-state index in [0.717, 1.165) is 12.1 Å². The number of hydrogen-bond donors (Lipinski definition) is 1. The third-order valence-electron chi connectivity index (χ3n) is 2.18. The lowest BCUT2D eigenvalue weighted by Gasteiger charge is -2.08. The number of anilines is 1. The maximum Gasteiger partial charge on any atom is 0.264 e. The van der Waals surface area contributed by atoms with Crippen LogP contribution in [0.5, 0.6) is 0 Å². The van der Waals surface area contributed by atoms with Gasteiger partial charge in [0.2, 0.25) is 0 Å². The Morgan fingerprint density at radius 2 is 2.11 bits per heavy atom. The van der Waals surface area contributed by atoms with E-state index in [1.165, 1.54) is 30.7 Å². The molecule has 0 atom stereocenters. The van der Waals surface area contributed by atoms with E-state index in [4.69, 9.17) is 5.26 Å². The molecular formula is C11H7FN4O2S. The van der Waals surface area contributed by atoms with Gasteiger partial charge in [0.05, 0.1) is 6.20 Å². The lowest BCUT2D eigenvalue weighted by molar-refractivity contribution is 0.593. The minimum absolute atomic E-state index is 0.0179. The highest BCUT2D eigenvalue weighted by atomic mass is 32.2. The SMILES string of the molecule is N#Cc1c(F)cccc1S(=O)(=O)Nc1cnccn1. The standard InChI is InChI=1S/C11H7FN4O2S/c12-9-2-1-3-10(8(9)6-13)19(17,18)16-11-7-14-4-5-15-11/h1-5,7H,(H,15,16). The van der Waals surface area contributed by atoms with Crippen molar-refractivity contribution in [3.05, 3.63) is 48.2 Å². The highest BCUT2D eigenvalue weighted by Crippen LogP contribution is 2.20. The number of rotatable bonds is 3. The Morgan fingerprint density at radius 1 is 1.32 bits per heavy atom. The molecule has 0 saturated carbocycles. The number of hydrogen-bond acceptors (Lipinski definition) is 5. The minimum atomic E-state index is -4.09. The van der Waals surface area contributed by atoms with Gasteiger partial charge in [0.25, 0.3) is 10.0 Å². The molecule has 1 N–H and O–H groups in total. The van der Waals surface area contributed by atoms with Gasteiger partial charge < -0.3 is 0 Å². The van der Waals surface area contributed by atoms with E-state index < -0.39 is 26.3 Å². The summed E-state index contributed by atoms with van der Waals surface area (Å²) in [6, 6.07) is 4.89. The predicted molar refractivity (Wildman–Crippen MR) is 64.0 cm³/mol. The zero-order valence-corrected chi connectivity index (χ0v) is 10.2. The zero-order valence-electron chi connectivity index (χ0n) is 9.41. The number of halogens is 1. The Kier molecular flexibility index (Phi) is 3.39. The Labute approximate surface area is 108 Å². The molecule has 0 aliphatic rings. The lowest BCUT2D eigenvalue weighted by Crippen LogP contribution is -2.16. The molecular weight excluding hydrogens is 271 g/mol. The van der Waals surface area contributed by atoms with Crippen molar-refractivity contribution in [3.8, 4) is 6.07 Å². The quantitative estimate of drug-likeness (QED) is 0.912. The second-order valence-corrected chi connectivity index (χ2v) is 5.07. The fraction of sp³-hybridized carbons (Fsp3) is 0. The summed E-state index contributed by atoms with van der Waals surface area (Å²) in [6.07, 6.45) is 3.87. The smallest absolute Gasteiger partial charge is 0.262 e. The van der Waals surface area contributed by atoms with Gasteiger partial charge in [-0.1, -0.05) is 6.07 Å². The van der Waals surface area contributed by atoms with Crippen LogP contribution in [0.25, 0.3) is 0 Å². The second-order valence-electron chi connectivity index (χ2n) is 3.42. The van der Waals surface area contributed by atoms with Gasteiger partial charge in [-0.25, -0.2) is 17.8 Å². The molecule has 0 aliphatic heterocycles. The molecule has 1 heterocycles. The fourth-order valence-corrected chi connectivity index (χ4v) is 2.54. The summed E-state index contributed by atoms with van der Waals surface area (Å²) < 4.78 is 39.6. The number of nitrogens with zero attached hydrogens (tertiary/aromatic N) is 3. The van der Waals surface area contributed by atoms with Crippen molar-refractivity contribution >= 4 is 15.8 Å². The highest BCUT2D eigenvalue weighted by molar-refractivity contribution is 7.92. The maximum atomic E-state index is 13.4. The van der Waals surface area contributed by atoms with Crippen LogP contribution in [0.15, 0.2) is 41.7 Å². The number of benzene rings is 1. The summed E-state index contributed by atoms with van der Waals surface area (Å²) >= 11 is 0. The van der Waals surface area contributed by atoms with Crippen LogP contribution in [-0.4, -0.2) is 18.4 Å². The highest BCUT2D eigenvalue weighted by Gasteiger charge is 2.21. The summed E-state index contributed by atoms with van der Waals surface area (Å²) in [7, 11) is -4.09. The van der Waals surface area contributed by atoms with Gasteiger partial charge in [-0.3, -0.25) is 9.71 Å². The van der Waals surface area contributed by atoms with Crippen molar-refractivity contribution in [2.75, 3.05) is 4.72 Å². The van der Waals surface area contributed by atoms with Gasteiger partial charge in [-0.15, -0.1) is 0 Å². The summed E-state index contributed by atoms with van der Waals surface area (Å²) in [5.74, 6) is -0.917. The summed E-state index contributed by atoms with van der Waals surface area (Å²) in [5, 5.41) is 8.82. The van der Waals surface area contributed by atoms with E-state index in [-0.39, 0.29) is 5.82 Å². The molecule has 0 amide bonds. The number of aromatic nitrogens is 2. The molecule has 2 aromatic rings. The third-order valence-corrected chi connectivity index (χ3v) is 3.58. The average Bonchev–Trinajstić information content (AvgIpc) is 2.39. The number of nitrogens with one attached hydrogen (secondary N) is 1. The molecule has 0 radical (unpaired) electrons. The lowest BCUT2D eigenvalue weighted by atomic mass is 10.2. The molecule has 1 aromatic heterocycles. The summed E-state index contributed by atoms with van der Waals surface area (Å²) in [6.45, 7) is 0. The van der Waals surface area contributed by atoms with E-state index in [9.17, 15) is 12.8 Å². The van der Waals surface area contributed by atoms with Crippen LogP contribution in [0, 0.1) is 17.1 Å². The first-order valence-electron chi connectivity index (χ1n) is 5.02. The van der Waals surface area contributed by atoms with Crippen LogP contribution in [0.1, 0.15) is 5.56 Å². The monoisotopic (exact) mass is 278 g/mol. The maximum absolute atomic E-state index is 13.4. The van der Waals surface area contributed by atoms with Crippen LogP contribution in [0.4, 0.5) is 10.2 Å². The minimum Gasteiger partial charge on any atom is -0.262 e. The van der Waals surface area contributed by atoms with E-state index in [2.05, 4.69) is 14.7 Å². The number of nitriles is 1. The molecule has 8 heteroatoms. The van der Waals surface area contributed by atoms with E-state index in [0.29, 0.717) is 0 Å². The van der Waals surface area contributed by atoms with Crippen LogP contribution in [0.2, 0.25) is 0 Å². The molecule has 19 heavy (non-hydrogen) atoms. The van der Waals surface area contributed by atoms with Gasteiger partial charge >= 0.3 is 0 Å². The third kappa shape index (κ3) is 2.66. The molecule has 6 nitrogen and oxygen atoms in total. The molecule has 2 rings (SSSR count). The van der Waals surface area contributed by atoms with Crippen LogP contribution >= 0.6 is 0 Å². The number of sulfonamides is 1. The average molecular weight is 278 g/mol. The first kappa shape index (κ1) is 12.9. The van der Waals surface area contributed by atoms with Crippen molar-refractivity contribution in [1.29, 1.82) is 5.26 Å². The van der Waals surface area contributed by atoms with Crippen LogP contribution in [0.3, 0.4) is 0 Å². The summed E-state index contributed by atoms with van der Waals surface area (Å²) in [4.78, 5) is 6.99. The molecule has 0 unspecified atom stereocenters. The fourth-order valence-electron chi connectivity index (χ4n) is 1.38. The Morgan fingerprint density at radius 3 is 2.74 bits per heavy atom. The summed E-state index contributed by atoms with van der Waals surface area (Å²) in [5.41, 5.74) is -0.543. The Bertz CT molecular complexity index is 741. The first-order chi connectivity index (χ1) is 9.04. The van der Waals surface area contributed by atoms with Crippen molar-refractivity contribution in [2.45, 2.75) is 4.90 Å². The van der Waals surface area contributed by atoms with Gasteiger partial charge in [0, 0.05) is 12.4 Å². The van der Waals surface area contributed by atoms with Crippen molar-refractivity contribution < 1.29 is 12.8 Å². The molecule has 0 bridgehead atoms. The first-order valence-corrected chi connectivity index (χ1v) is 6.50. The van der Waals surface area contributed by atoms with Crippen LogP contribution in [-0.2, 0) is 10.0 Å². The molecule has 0 saturated heterocycles. The zero-order chi connectivity index (χ0) is 13.9. The van der Waals surface area contributed by atoms with E-state index in [1.54, 1.807) is 0 Å². The van der Waals surface area contributed by atoms with Crippen molar-refractivity contribution in [2.24, 2.45) is 0 Å². The van der Waals surface area contributed by atoms with Crippen LogP contribution < -0.4 is 4.72 Å². The van der Waals surface area contributed by atoms with Crippen molar-refractivity contribution in [3.63, 3.8) is 0 Å². The van der Waals surface area contributed by atoms with E-state index in [1.807, 2.05) is 0 Å². The molecule has 96 valence electrons. The molecule has 0 fully saturated rings. The molecule has 1 aromatic carbocycles. The second kappa shape index (κ2) is 4.99. The molecule has 0 spiro atoms. The normalized spacial score (nSPS) is 10.7. The topological polar surface area (TPSA) is 95.7 Å². The Balaban J connectivity index is 2.47. The van der Waals surface area contributed by atoms with E-state index >= 15 is 0 Å².